The van der Waals surface area contributed by atoms with Crippen molar-refractivity contribution < 1.29 is 19.8 Å². The van der Waals surface area contributed by atoms with E-state index in [1.165, 1.54) is 0 Å². The van der Waals surface area contributed by atoms with Gasteiger partial charge in [0.25, 0.3) is 0 Å². The van der Waals surface area contributed by atoms with Crippen molar-refractivity contribution in [1.29, 1.82) is 4.78 Å². The van der Waals surface area contributed by atoms with E-state index in [1.54, 1.807) is 0 Å². The fourth-order valence-electron chi connectivity index (χ4n) is 0.258. The van der Waals surface area contributed by atoms with Crippen molar-refractivity contribution in [2.75, 3.05) is 11.5 Å². The number of nitrogens with one attached hydrogen (secondary N) is 1. The van der Waals surface area contributed by atoms with Gasteiger partial charge in [0.2, 0.25) is 0 Å². The molecule has 0 saturated carbocycles. The Morgan fingerprint density at radius 1 is 1.90 bits per heavy atom. The van der Waals surface area contributed by atoms with Crippen LogP contribution < -0.4 is 31.3 Å². The van der Waals surface area contributed by atoms with E-state index < -0.39 is 6.77 Å². The second kappa shape index (κ2) is 4.14. The second-order valence-corrected chi connectivity index (χ2v) is 10.3. The zero-order valence-electron chi connectivity index (χ0n) is 5.80. The first-order chi connectivity index (χ1) is 4.52. The Labute approximate surface area is 70.4 Å². The molecular formula is C4H12IN4S-. The van der Waals surface area contributed by atoms with Crippen LogP contribution in [0.25, 0.3) is 0 Å². The van der Waals surface area contributed by atoms with Crippen LogP contribution in [0.15, 0.2) is 4.40 Å². The van der Waals surface area contributed by atoms with Gasteiger partial charge < -0.3 is 0 Å². The van der Waals surface area contributed by atoms with Gasteiger partial charge in [-0.15, -0.1) is 0 Å². The molecule has 0 fully saturated rings. The normalized spacial score (nSPS) is 18.8. The molecule has 6 heteroatoms. The Morgan fingerprint density at radius 3 is 2.70 bits per heavy atom. The number of amidine groups is 1. The van der Waals surface area contributed by atoms with E-state index in [2.05, 4.69) is 10.3 Å². The van der Waals surface area contributed by atoms with E-state index in [1.807, 2.05) is 4.93 Å². The fraction of sp³-hybridized carbons (Fsp3) is 0.500. The molecule has 0 aromatic heterocycles. The number of rotatable bonds is 3. The average molecular weight is 275 g/mol. The van der Waals surface area contributed by atoms with Crippen molar-refractivity contribution in [3.05, 3.63) is 0 Å². The van der Waals surface area contributed by atoms with Gasteiger partial charge in [0.1, 0.15) is 0 Å². The molecule has 0 aliphatic heterocycles. The SMILES string of the molecule is C=S(=N)(N=C(N)CN)[I-]C. The molecule has 0 saturated heterocycles. The zero-order chi connectivity index (χ0) is 8.20. The topological polar surface area (TPSA) is 88.2 Å². The molecule has 1 atom stereocenters. The predicted octanol–water partition coefficient (Wildman–Crippen LogP) is -3.80. The van der Waals surface area contributed by atoms with E-state index in [9.17, 15) is 0 Å². The van der Waals surface area contributed by atoms with Gasteiger partial charge >= 0.3 is 70.4 Å². The van der Waals surface area contributed by atoms with Crippen molar-refractivity contribution in [1.82, 2.24) is 0 Å². The summed E-state index contributed by atoms with van der Waals surface area (Å²) in [7, 11) is 0. The van der Waals surface area contributed by atoms with E-state index in [0.717, 1.165) is 0 Å². The maximum atomic E-state index is 7.51. The molecular weight excluding hydrogens is 263 g/mol. The molecule has 0 rings (SSSR count). The van der Waals surface area contributed by atoms with Gasteiger partial charge in [0, 0.05) is 0 Å². The summed E-state index contributed by atoms with van der Waals surface area (Å²) in [6.45, 7) is -1.51. The van der Waals surface area contributed by atoms with Crippen molar-refractivity contribution >= 4 is 18.5 Å². The molecule has 10 heavy (non-hydrogen) atoms. The minimum absolute atomic E-state index is 0.229. The number of halogens is 1. The standard InChI is InChI=1S/C4H12IN4S/c1-5-10(2,8)9-4(7)3-6/h2-3,6H2,1H3,(H3,7,8,9)/q-1. The first-order valence-corrected chi connectivity index (χ1v) is 8.94. The van der Waals surface area contributed by atoms with E-state index >= 15 is 0 Å². The van der Waals surface area contributed by atoms with Crippen LogP contribution in [0.2, 0.25) is 0 Å². The van der Waals surface area contributed by atoms with E-state index in [0.29, 0.717) is 5.84 Å². The summed E-state index contributed by atoms with van der Waals surface area (Å²) in [6.07, 6.45) is 0. The maximum absolute atomic E-state index is 7.51. The van der Waals surface area contributed by atoms with Crippen LogP contribution in [0.1, 0.15) is 0 Å². The summed E-state index contributed by atoms with van der Waals surface area (Å²) in [5, 5.41) is 0. The van der Waals surface area contributed by atoms with Crippen LogP contribution in [0.3, 0.4) is 0 Å². The number of hydrogen-bond acceptors (Lipinski definition) is 2. The Kier molecular flexibility index (Phi) is 4.22. The quantitative estimate of drug-likeness (QED) is 0.162. The molecule has 0 aromatic rings. The van der Waals surface area contributed by atoms with Crippen LogP contribution in [-0.2, 0) is 6.77 Å². The molecule has 0 aliphatic rings. The van der Waals surface area contributed by atoms with Crippen molar-refractivity contribution in [2.24, 2.45) is 15.9 Å². The van der Waals surface area contributed by atoms with Crippen LogP contribution in [0.4, 0.5) is 0 Å². The predicted molar refractivity (Wildman–Crippen MR) is 43.8 cm³/mol. The monoisotopic (exact) mass is 275 g/mol. The third-order valence-electron chi connectivity index (χ3n) is 0.726. The van der Waals surface area contributed by atoms with Gasteiger partial charge in [0.05, 0.1) is 0 Å². The third-order valence-corrected chi connectivity index (χ3v) is 6.72. The summed E-state index contributed by atoms with van der Waals surface area (Å²) in [4.78, 5) is 1.97. The Balaban J connectivity index is 4.41. The average Bonchev–Trinajstić information content (AvgIpc) is 1.87. The molecule has 4 nitrogen and oxygen atoms in total. The van der Waals surface area contributed by atoms with Gasteiger partial charge in [-0.2, -0.15) is 0 Å². The van der Waals surface area contributed by atoms with Crippen LogP contribution in [0, 0.1) is 4.78 Å². The van der Waals surface area contributed by atoms with E-state index in [4.69, 9.17) is 16.2 Å². The molecule has 0 radical (unpaired) electrons. The summed E-state index contributed by atoms with van der Waals surface area (Å²) in [5.41, 5.74) is 10.5. The van der Waals surface area contributed by atoms with Crippen LogP contribution in [0.5, 0.6) is 0 Å². The number of nitrogens with two attached hydrogens (primary N) is 2. The molecule has 0 amide bonds. The first kappa shape index (κ1) is 10.2. The van der Waals surface area contributed by atoms with Gasteiger partial charge in [-0.1, -0.05) is 0 Å². The molecule has 0 spiro atoms. The molecule has 0 aromatic carbocycles. The molecule has 62 valence electrons. The third kappa shape index (κ3) is 4.07. The Hall–Kier alpha value is 0.180. The van der Waals surface area contributed by atoms with Gasteiger partial charge in [0.15, 0.2) is 0 Å². The van der Waals surface area contributed by atoms with Crippen molar-refractivity contribution in [3.8, 4) is 0 Å². The number of nitrogens with zero attached hydrogens (tertiary/aromatic N) is 1. The van der Waals surface area contributed by atoms with E-state index in [-0.39, 0.29) is 26.4 Å². The van der Waals surface area contributed by atoms with Gasteiger partial charge in [-0.05, 0) is 0 Å². The van der Waals surface area contributed by atoms with Gasteiger partial charge in [-0.25, -0.2) is 0 Å². The molecule has 5 N–H and O–H groups in total. The number of alkyl halides is 1. The second-order valence-electron chi connectivity index (χ2n) is 1.56. The van der Waals surface area contributed by atoms with Crippen LogP contribution >= 0.6 is 0 Å². The summed E-state index contributed by atoms with van der Waals surface area (Å²) < 4.78 is 11.4. The Morgan fingerprint density at radius 2 is 2.40 bits per heavy atom. The number of hydrogen-bond donors (Lipinski definition) is 3. The van der Waals surface area contributed by atoms with Crippen molar-refractivity contribution in [2.45, 2.75) is 0 Å². The molecule has 0 heterocycles. The summed E-state index contributed by atoms with van der Waals surface area (Å²) >= 11 is -0.263. The summed E-state index contributed by atoms with van der Waals surface area (Å²) in [6, 6.07) is 0. The fourth-order valence-corrected chi connectivity index (χ4v) is 2.12. The van der Waals surface area contributed by atoms with Crippen LogP contribution in [-0.4, -0.2) is 23.2 Å². The summed E-state index contributed by atoms with van der Waals surface area (Å²) in [5.74, 6) is 4.00. The minimum atomic E-state index is -1.74. The zero-order valence-corrected chi connectivity index (χ0v) is 8.78. The first-order valence-electron chi connectivity index (χ1n) is 2.48. The molecule has 1 unspecified atom stereocenters. The van der Waals surface area contributed by atoms with Crippen molar-refractivity contribution in [3.63, 3.8) is 0 Å². The van der Waals surface area contributed by atoms with Gasteiger partial charge in [-0.3, -0.25) is 0 Å². The molecule has 0 bridgehead atoms. The molecule has 0 aliphatic carbocycles. The Bertz CT molecular complexity index is 217.